The van der Waals surface area contributed by atoms with E-state index < -0.39 is 0 Å². The van der Waals surface area contributed by atoms with Crippen LogP contribution in [0.15, 0.2) is 6.07 Å². The van der Waals surface area contributed by atoms with Gasteiger partial charge in [-0.25, -0.2) is 4.79 Å². The van der Waals surface area contributed by atoms with Crippen LogP contribution in [-0.4, -0.2) is 17.7 Å². The number of hydrogen-bond donors (Lipinski definition) is 1. The summed E-state index contributed by atoms with van der Waals surface area (Å²) in [5.41, 5.74) is 3.80. The predicted octanol–water partition coefficient (Wildman–Crippen LogP) is 11.1. The summed E-state index contributed by atoms with van der Waals surface area (Å²) < 4.78 is 5.84. The maximum atomic E-state index is 13.4. The van der Waals surface area contributed by atoms with Crippen LogP contribution in [0, 0.1) is 0 Å². The van der Waals surface area contributed by atoms with Crippen molar-refractivity contribution in [3.8, 4) is 5.75 Å². The maximum absolute atomic E-state index is 13.4. The van der Waals surface area contributed by atoms with Crippen LogP contribution in [0.2, 0.25) is 0 Å². The second kappa shape index (κ2) is 23.4. The largest absolute Gasteiger partial charge is 0.507 e. The van der Waals surface area contributed by atoms with Gasteiger partial charge in [0.15, 0.2) is 0 Å². The molecule has 38 heavy (non-hydrogen) atoms. The number of unbranched alkanes of at least 4 members (excludes halogenated alkanes) is 16. The number of rotatable bonds is 25. The fourth-order valence-corrected chi connectivity index (χ4v) is 5.43. The molecule has 1 aromatic carbocycles. The summed E-state index contributed by atoms with van der Waals surface area (Å²) >= 11 is 0. The number of hydrogen-bond acceptors (Lipinski definition) is 3. The summed E-state index contributed by atoms with van der Waals surface area (Å²) in [5.74, 6) is 0.291. The van der Waals surface area contributed by atoms with E-state index in [1.807, 2.05) is 6.07 Å². The first-order valence-electron chi connectivity index (χ1n) is 16.6. The Morgan fingerprint density at radius 3 is 1.50 bits per heavy atom. The number of carbonyl (C=O) groups is 1. The Morgan fingerprint density at radius 2 is 1.00 bits per heavy atom. The average molecular weight is 531 g/mol. The second-order valence-electron chi connectivity index (χ2n) is 11.4. The Bertz CT molecular complexity index is 724. The van der Waals surface area contributed by atoms with Crippen molar-refractivity contribution in [3.63, 3.8) is 0 Å². The standard InChI is InChI=1S/C35H62O3/c1-5-9-13-17-21-25-30-29-33(35(37)38-28-24-20-16-12-8-4)31(26-22-18-14-10-6-2)32(34(30)36)27-23-19-15-11-7-3/h29,36H,5-28H2,1-4H3. The molecular formula is C35H62O3. The minimum atomic E-state index is -0.177. The minimum absolute atomic E-state index is 0.177. The van der Waals surface area contributed by atoms with E-state index in [2.05, 4.69) is 27.7 Å². The van der Waals surface area contributed by atoms with Gasteiger partial charge in [-0.3, -0.25) is 0 Å². The molecule has 0 atom stereocenters. The first-order valence-corrected chi connectivity index (χ1v) is 16.6. The van der Waals surface area contributed by atoms with E-state index >= 15 is 0 Å². The molecule has 0 heterocycles. The number of aryl methyl sites for hydroxylation is 1. The molecule has 1 N–H and O–H groups in total. The molecule has 1 aromatic rings. The van der Waals surface area contributed by atoms with Crippen LogP contribution in [0.25, 0.3) is 0 Å². The van der Waals surface area contributed by atoms with Crippen LogP contribution < -0.4 is 0 Å². The summed E-state index contributed by atoms with van der Waals surface area (Å²) in [6, 6.07) is 2.00. The van der Waals surface area contributed by atoms with Gasteiger partial charge in [-0.05, 0) is 67.7 Å². The first-order chi connectivity index (χ1) is 18.6. The molecule has 0 fully saturated rings. The number of aromatic hydroxyl groups is 1. The molecule has 0 aliphatic rings. The van der Waals surface area contributed by atoms with Gasteiger partial charge in [0.2, 0.25) is 0 Å². The molecule has 0 aromatic heterocycles. The highest BCUT2D eigenvalue weighted by Crippen LogP contribution is 2.34. The molecule has 0 amide bonds. The van der Waals surface area contributed by atoms with E-state index in [1.165, 1.54) is 96.3 Å². The monoisotopic (exact) mass is 530 g/mol. The molecule has 1 rings (SSSR count). The lowest BCUT2D eigenvalue weighted by atomic mass is 9.88. The van der Waals surface area contributed by atoms with Gasteiger partial charge in [0.25, 0.3) is 0 Å². The van der Waals surface area contributed by atoms with Gasteiger partial charge < -0.3 is 9.84 Å². The molecule has 0 radical (unpaired) electrons. The SMILES string of the molecule is CCCCCCCOC(=O)c1cc(CCCCCCC)c(O)c(CCCCCCC)c1CCCCCCC. The van der Waals surface area contributed by atoms with Crippen LogP contribution in [-0.2, 0) is 24.0 Å². The smallest absolute Gasteiger partial charge is 0.338 e. The van der Waals surface area contributed by atoms with Crippen molar-refractivity contribution in [2.75, 3.05) is 6.61 Å². The summed E-state index contributed by atoms with van der Waals surface area (Å²) in [7, 11) is 0. The van der Waals surface area contributed by atoms with E-state index in [-0.39, 0.29) is 5.97 Å². The summed E-state index contributed by atoms with van der Waals surface area (Å²) in [5, 5.41) is 11.5. The first kappa shape index (κ1) is 34.5. The lowest BCUT2D eigenvalue weighted by Crippen LogP contribution is -2.13. The predicted molar refractivity (Wildman–Crippen MR) is 165 cm³/mol. The van der Waals surface area contributed by atoms with Gasteiger partial charge in [-0.2, -0.15) is 0 Å². The van der Waals surface area contributed by atoms with Crippen molar-refractivity contribution in [1.82, 2.24) is 0 Å². The zero-order valence-electron chi connectivity index (χ0n) is 25.8. The normalized spacial score (nSPS) is 11.3. The third kappa shape index (κ3) is 14.6. The van der Waals surface area contributed by atoms with Crippen LogP contribution in [0.3, 0.4) is 0 Å². The number of benzene rings is 1. The Labute approximate surface area is 236 Å². The highest BCUT2D eigenvalue weighted by molar-refractivity contribution is 5.92. The molecule has 0 spiro atoms. The maximum Gasteiger partial charge on any atom is 0.338 e. The van der Waals surface area contributed by atoms with E-state index in [0.717, 1.165) is 73.6 Å². The third-order valence-electron chi connectivity index (χ3n) is 7.91. The molecule has 0 saturated heterocycles. The number of phenols is 1. The van der Waals surface area contributed by atoms with E-state index in [9.17, 15) is 9.90 Å². The van der Waals surface area contributed by atoms with Crippen molar-refractivity contribution < 1.29 is 14.6 Å². The van der Waals surface area contributed by atoms with Gasteiger partial charge >= 0.3 is 5.97 Å². The lowest BCUT2D eigenvalue weighted by Gasteiger charge is -2.20. The Kier molecular flexibility index (Phi) is 21.2. The van der Waals surface area contributed by atoms with E-state index in [1.54, 1.807) is 0 Å². The van der Waals surface area contributed by atoms with Gasteiger partial charge in [0.05, 0.1) is 12.2 Å². The van der Waals surface area contributed by atoms with E-state index in [0.29, 0.717) is 12.4 Å². The van der Waals surface area contributed by atoms with E-state index in [4.69, 9.17) is 4.74 Å². The highest BCUT2D eigenvalue weighted by atomic mass is 16.5. The fourth-order valence-electron chi connectivity index (χ4n) is 5.43. The van der Waals surface area contributed by atoms with Gasteiger partial charge in [0.1, 0.15) is 5.75 Å². The molecule has 0 saturated carbocycles. The summed E-state index contributed by atoms with van der Waals surface area (Å²) in [6.07, 6.45) is 26.2. The number of esters is 1. The number of carbonyl (C=O) groups excluding carboxylic acids is 1. The summed E-state index contributed by atoms with van der Waals surface area (Å²) in [4.78, 5) is 13.4. The van der Waals surface area contributed by atoms with Crippen LogP contribution in [0.5, 0.6) is 5.75 Å². The molecular weight excluding hydrogens is 468 g/mol. The zero-order valence-corrected chi connectivity index (χ0v) is 25.8. The quantitative estimate of drug-likeness (QED) is 0.101. The van der Waals surface area contributed by atoms with Gasteiger partial charge in [-0.1, -0.05) is 130 Å². The summed E-state index contributed by atoms with van der Waals surface area (Å²) in [6.45, 7) is 9.44. The molecule has 0 bridgehead atoms. The molecule has 0 aliphatic heterocycles. The number of phenolic OH excluding ortho intramolecular Hbond substituents is 1. The topological polar surface area (TPSA) is 46.5 Å². The minimum Gasteiger partial charge on any atom is -0.507 e. The van der Waals surface area contributed by atoms with Crippen molar-refractivity contribution >= 4 is 5.97 Å². The molecule has 0 unspecified atom stereocenters. The second-order valence-corrected chi connectivity index (χ2v) is 11.4. The zero-order chi connectivity index (χ0) is 27.8. The fraction of sp³-hybridized carbons (Fsp3) is 0.800. The van der Waals surface area contributed by atoms with Crippen molar-refractivity contribution in [2.24, 2.45) is 0 Å². The van der Waals surface area contributed by atoms with Crippen molar-refractivity contribution in [1.29, 1.82) is 0 Å². The highest BCUT2D eigenvalue weighted by Gasteiger charge is 2.22. The Balaban J connectivity index is 3.13. The van der Waals surface area contributed by atoms with Gasteiger partial charge in [0, 0.05) is 0 Å². The van der Waals surface area contributed by atoms with Crippen LogP contribution >= 0.6 is 0 Å². The van der Waals surface area contributed by atoms with Crippen molar-refractivity contribution in [2.45, 2.75) is 175 Å². The Morgan fingerprint density at radius 1 is 0.579 bits per heavy atom. The Hall–Kier alpha value is -1.51. The van der Waals surface area contributed by atoms with Crippen LogP contribution in [0.4, 0.5) is 0 Å². The molecule has 3 nitrogen and oxygen atoms in total. The van der Waals surface area contributed by atoms with Crippen LogP contribution in [0.1, 0.15) is 183 Å². The molecule has 220 valence electrons. The molecule has 0 aliphatic carbocycles. The number of ether oxygens (including phenoxy) is 1. The molecule has 3 heteroatoms. The lowest BCUT2D eigenvalue weighted by molar-refractivity contribution is 0.0496. The third-order valence-corrected chi connectivity index (χ3v) is 7.91. The van der Waals surface area contributed by atoms with Gasteiger partial charge in [-0.15, -0.1) is 0 Å². The van der Waals surface area contributed by atoms with Crippen molar-refractivity contribution in [3.05, 3.63) is 28.3 Å². The average Bonchev–Trinajstić information content (AvgIpc) is 2.92.